The van der Waals surface area contributed by atoms with Crippen LogP contribution in [0.3, 0.4) is 0 Å². The number of rotatable bonds is 5. The molecule has 27 heavy (non-hydrogen) atoms. The maximum Gasteiger partial charge on any atom is 0.250 e. The zero-order valence-corrected chi connectivity index (χ0v) is 14.1. The number of amides is 1. The molecule has 7 nitrogen and oxygen atoms in total. The van der Waals surface area contributed by atoms with Crippen molar-refractivity contribution in [3.8, 4) is 0 Å². The lowest BCUT2D eigenvalue weighted by Gasteiger charge is -2.08. The van der Waals surface area contributed by atoms with Gasteiger partial charge in [-0.2, -0.15) is 5.10 Å². The average molecular weight is 362 g/mol. The van der Waals surface area contributed by atoms with Crippen molar-refractivity contribution in [1.29, 1.82) is 0 Å². The summed E-state index contributed by atoms with van der Waals surface area (Å²) < 4.78 is 15.6. The Hall–Kier alpha value is -3.81. The fourth-order valence-electron chi connectivity index (χ4n) is 2.70. The monoisotopic (exact) mass is 362 g/mol. The summed E-state index contributed by atoms with van der Waals surface area (Å²) in [6.07, 6.45) is 4.76. The Morgan fingerprint density at radius 2 is 1.89 bits per heavy atom. The van der Waals surface area contributed by atoms with Crippen molar-refractivity contribution >= 4 is 28.4 Å². The number of anilines is 2. The maximum atomic E-state index is 13.9. The Labute approximate surface area is 153 Å². The maximum absolute atomic E-state index is 13.9. The largest absolute Gasteiger partial charge is 0.366 e. The summed E-state index contributed by atoms with van der Waals surface area (Å²) in [4.78, 5) is 19.6. The Kier molecular flexibility index (Phi) is 4.21. The highest BCUT2D eigenvalue weighted by Gasteiger charge is 2.09. The molecule has 0 fully saturated rings. The Balaban J connectivity index is 1.61. The topological polar surface area (TPSA) is 98.7 Å². The van der Waals surface area contributed by atoms with E-state index < -0.39 is 5.91 Å². The number of pyridine rings is 2. The van der Waals surface area contributed by atoms with Gasteiger partial charge in [-0.3, -0.25) is 9.48 Å². The standard InChI is InChI=1S/C19H15FN6O/c20-15-4-2-1-3-13(15)11-26-16-7-18(23-9-14(16)10-24-26)25-17-6-5-12(8-22-17)19(21)27/h1-10H,11H2,(H2,21,27)(H,22,23,25). The van der Waals surface area contributed by atoms with Gasteiger partial charge in [0.15, 0.2) is 0 Å². The Morgan fingerprint density at radius 1 is 1.07 bits per heavy atom. The summed E-state index contributed by atoms with van der Waals surface area (Å²) in [7, 11) is 0. The number of carbonyl (C=O) groups excluding carboxylic acids is 1. The number of halogens is 1. The molecular formula is C19H15FN6O. The lowest BCUT2D eigenvalue weighted by molar-refractivity contribution is 0.1000. The average Bonchev–Trinajstić information content (AvgIpc) is 3.06. The molecule has 0 bridgehead atoms. The van der Waals surface area contributed by atoms with E-state index in [0.717, 1.165) is 10.9 Å². The van der Waals surface area contributed by atoms with Crippen LogP contribution in [0.15, 0.2) is 61.1 Å². The van der Waals surface area contributed by atoms with Crippen LogP contribution in [0, 0.1) is 5.82 Å². The first-order chi connectivity index (χ1) is 13.1. The van der Waals surface area contributed by atoms with E-state index in [0.29, 0.717) is 29.3 Å². The first kappa shape index (κ1) is 16.6. The Morgan fingerprint density at radius 3 is 2.63 bits per heavy atom. The molecule has 8 heteroatoms. The molecule has 0 atom stereocenters. The Bertz CT molecular complexity index is 1120. The van der Waals surface area contributed by atoms with Gasteiger partial charge in [0.05, 0.1) is 23.8 Å². The number of aromatic nitrogens is 4. The number of nitrogens with zero attached hydrogens (tertiary/aromatic N) is 4. The number of hydrogen-bond donors (Lipinski definition) is 2. The van der Waals surface area contributed by atoms with Gasteiger partial charge in [-0.15, -0.1) is 0 Å². The van der Waals surface area contributed by atoms with Crippen LogP contribution in [0.1, 0.15) is 15.9 Å². The highest BCUT2D eigenvalue weighted by atomic mass is 19.1. The fraction of sp³-hybridized carbons (Fsp3) is 0.0526. The van der Waals surface area contributed by atoms with E-state index in [4.69, 9.17) is 5.73 Å². The molecule has 3 aromatic heterocycles. The van der Waals surface area contributed by atoms with E-state index in [9.17, 15) is 9.18 Å². The van der Waals surface area contributed by atoms with E-state index >= 15 is 0 Å². The van der Waals surface area contributed by atoms with Crippen LogP contribution in [-0.4, -0.2) is 25.7 Å². The predicted molar refractivity (Wildman–Crippen MR) is 99.1 cm³/mol. The van der Waals surface area contributed by atoms with Crippen molar-refractivity contribution in [3.63, 3.8) is 0 Å². The highest BCUT2D eigenvalue weighted by molar-refractivity contribution is 5.92. The molecule has 0 spiro atoms. The van der Waals surface area contributed by atoms with Gasteiger partial charge in [0.2, 0.25) is 5.91 Å². The van der Waals surface area contributed by atoms with Gasteiger partial charge in [-0.05, 0) is 18.2 Å². The molecule has 0 radical (unpaired) electrons. The summed E-state index contributed by atoms with van der Waals surface area (Å²) in [6.45, 7) is 0.311. The van der Waals surface area contributed by atoms with Crippen molar-refractivity contribution in [2.75, 3.05) is 5.32 Å². The van der Waals surface area contributed by atoms with E-state index in [-0.39, 0.29) is 5.82 Å². The highest BCUT2D eigenvalue weighted by Crippen LogP contribution is 2.20. The minimum absolute atomic E-state index is 0.271. The zero-order chi connectivity index (χ0) is 18.8. The first-order valence-electron chi connectivity index (χ1n) is 8.18. The lowest BCUT2D eigenvalue weighted by Crippen LogP contribution is -2.11. The van der Waals surface area contributed by atoms with E-state index in [2.05, 4.69) is 20.4 Å². The smallest absolute Gasteiger partial charge is 0.250 e. The van der Waals surface area contributed by atoms with Crippen LogP contribution in [0.4, 0.5) is 16.0 Å². The molecule has 4 rings (SSSR count). The van der Waals surface area contributed by atoms with Crippen LogP contribution >= 0.6 is 0 Å². The van der Waals surface area contributed by atoms with Crippen LogP contribution in [0.2, 0.25) is 0 Å². The van der Waals surface area contributed by atoms with E-state index in [1.54, 1.807) is 47.4 Å². The third-order valence-electron chi connectivity index (χ3n) is 4.11. The van der Waals surface area contributed by atoms with Gasteiger partial charge < -0.3 is 11.1 Å². The van der Waals surface area contributed by atoms with Gasteiger partial charge in [-0.25, -0.2) is 14.4 Å². The molecule has 3 N–H and O–H groups in total. The van der Waals surface area contributed by atoms with Crippen LogP contribution in [-0.2, 0) is 6.54 Å². The molecule has 0 aliphatic rings. The fourth-order valence-corrected chi connectivity index (χ4v) is 2.70. The quantitative estimate of drug-likeness (QED) is 0.569. The minimum atomic E-state index is -0.536. The number of primary amides is 1. The zero-order valence-electron chi connectivity index (χ0n) is 14.1. The summed E-state index contributed by atoms with van der Waals surface area (Å²) >= 11 is 0. The van der Waals surface area contributed by atoms with Gasteiger partial charge in [0.1, 0.15) is 17.5 Å². The molecule has 0 saturated heterocycles. The van der Waals surface area contributed by atoms with Crippen molar-refractivity contribution in [1.82, 2.24) is 19.7 Å². The number of benzene rings is 1. The lowest BCUT2D eigenvalue weighted by atomic mass is 10.2. The molecule has 134 valence electrons. The van der Waals surface area contributed by atoms with Crippen molar-refractivity contribution in [2.45, 2.75) is 6.54 Å². The number of carbonyl (C=O) groups is 1. The second-order valence-corrected chi connectivity index (χ2v) is 5.94. The molecular weight excluding hydrogens is 347 g/mol. The van der Waals surface area contributed by atoms with Gasteiger partial charge in [0.25, 0.3) is 0 Å². The third-order valence-corrected chi connectivity index (χ3v) is 4.11. The first-order valence-corrected chi connectivity index (χ1v) is 8.18. The molecule has 4 aromatic rings. The summed E-state index contributed by atoms with van der Waals surface area (Å²) in [5.41, 5.74) is 6.90. The normalized spacial score (nSPS) is 10.9. The summed E-state index contributed by atoms with van der Waals surface area (Å²) in [6, 6.07) is 11.6. The molecule has 0 unspecified atom stereocenters. The molecule has 0 aliphatic heterocycles. The van der Waals surface area contributed by atoms with Gasteiger partial charge >= 0.3 is 0 Å². The van der Waals surface area contributed by atoms with Crippen molar-refractivity contribution in [3.05, 3.63) is 78.0 Å². The summed E-state index contributed by atoms with van der Waals surface area (Å²) in [5.74, 6) is 0.266. The number of hydrogen-bond acceptors (Lipinski definition) is 5. The summed E-state index contributed by atoms with van der Waals surface area (Å²) in [5, 5.41) is 8.23. The molecule has 0 saturated carbocycles. The van der Waals surface area contributed by atoms with Crippen molar-refractivity contribution in [2.24, 2.45) is 5.73 Å². The number of nitrogens with two attached hydrogens (primary N) is 1. The predicted octanol–water partition coefficient (Wildman–Crippen LogP) is 2.86. The minimum Gasteiger partial charge on any atom is -0.366 e. The van der Waals surface area contributed by atoms with Gasteiger partial charge in [-0.1, -0.05) is 18.2 Å². The van der Waals surface area contributed by atoms with Crippen LogP contribution < -0.4 is 11.1 Å². The SMILES string of the molecule is NC(=O)c1ccc(Nc2cc3c(cn2)cnn3Cc2ccccc2F)nc1. The number of fused-ring (bicyclic) bond motifs is 1. The second kappa shape index (κ2) is 6.83. The molecule has 3 heterocycles. The van der Waals surface area contributed by atoms with Crippen LogP contribution in [0.5, 0.6) is 0 Å². The molecule has 1 amide bonds. The number of nitrogens with one attached hydrogen (secondary N) is 1. The third kappa shape index (κ3) is 3.45. The van der Waals surface area contributed by atoms with Crippen molar-refractivity contribution < 1.29 is 9.18 Å². The van der Waals surface area contributed by atoms with Gasteiger partial charge in [0, 0.05) is 29.4 Å². The van der Waals surface area contributed by atoms with E-state index in [1.165, 1.54) is 12.3 Å². The second-order valence-electron chi connectivity index (χ2n) is 5.94. The molecule has 1 aromatic carbocycles. The molecule has 0 aliphatic carbocycles. The van der Waals surface area contributed by atoms with Crippen LogP contribution in [0.25, 0.3) is 10.9 Å². The van der Waals surface area contributed by atoms with E-state index in [1.807, 2.05) is 6.07 Å².